The van der Waals surface area contributed by atoms with Gasteiger partial charge in [0.25, 0.3) is 0 Å². The Balaban J connectivity index is 1.75. The molecule has 1 N–H and O–H groups in total. The van der Waals surface area contributed by atoms with Crippen LogP contribution in [0.2, 0.25) is 0 Å². The van der Waals surface area contributed by atoms with Gasteiger partial charge in [0.2, 0.25) is 5.91 Å². The van der Waals surface area contributed by atoms with Gasteiger partial charge in [-0.3, -0.25) is 14.5 Å². The number of nitrogens with zero attached hydrogens (tertiary/aromatic N) is 2. The van der Waals surface area contributed by atoms with E-state index in [4.69, 9.17) is 5.11 Å². The molecule has 0 atom stereocenters. The van der Waals surface area contributed by atoms with Crippen LogP contribution in [-0.2, 0) is 9.59 Å². The summed E-state index contributed by atoms with van der Waals surface area (Å²) in [7, 11) is 2.04. The van der Waals surface area contributed by atoms with Crippen molar-refractivity contribution >= 4 is 11.9 Å². The number of rotatable bonds is 4. The monoisotopic (exact) mass is 296 g/mol. The van der Waals surface area contributed by atoms with Gasteiger partial charge in [0.15, 0.2) is 0 Å². The molecule has 1 saturated carbocycles. The van der Waals surface area contributed by atoms with E-state index in [-0.39, 0.29) is 11.8 Å². The molecule has 0 radical (unpaired) electrons. The zero-order chi connectivity index (χ0) is 15.4. The number of likely N-dealkylation sites (tertiary alicyclic amines) is 1. The van der Waals surface area contributed by atoms with E-state index in [2.05, 4.69) is 11.8 Å². The molecule has 120 valence electrons. The fourth-order valence-electron chi connectivity index (χ4n) is 3.50. The molecule has 5 heteroatoms. The molecule has 1 aliphatic heterocycles. The van der Waals surface area contributed by atoms with Crippen LogP contribution in [0.4, 0.5) is 0 Å². The van der Waals surface area contributed by atoms with E-state index in [0.29, 0.717) is 38.5 Å². The summed E-state index contributed by atoms with van der Waals surface area (Å²) in [6, 6.07) is 0.529. The van der Waals surface area contributed by atoms with Gasteiger partial charge in [-0.1, -0.05) is 6.92 Å². The van der Waals surface area contributed by atoms with Crippen molar-refractivity contribution in [3.05, 3.63) is 0 Å². The van der Waals surface area contributed by atoms with Crippen molar-refractivity contribution in [2.45, 2.75) is 51.5 Å². The lowest BCUT2D eigenvalue weighted by atomic mass is 9.87. The Kier molecular flexibility index (Phi) is 5.62. The van der Waals surface area contributed by atoms with E-state index in [1.807, 2.05) is 11.9 Å². The summed E-state index contributed by atoms with van der Waals surface area (Å²) in [6.45, 7) is 3.95. The lowest BCUT2D eigenvalue weighted by Crippen LogP contribution is -2.47. The zero-order valence-corrected chi connectivity index (χ0v) is 13.3. The summed E-state index contributed by atoms with van der Waals surface area (Å²) in [5.74, 6) is -0.0255. The summed E-state index contributed by atoms with van der Waals surface area (Å²) in [6.07, 6.45) is 6.07. The Hall–Kier alpha value is -1.10. The molecular weight excluding hydrogens is 268 g/mol. The van der Waals surface area contributed by atoms with Crippen molar-refractivity contribution in [3.63, 3.8) is 0 Å². The molecule has 0 aromatic carbocycles. The summed E-state index contributed by atoms with van der Waals surface area (Å²) in [5.41, 5.74) is 0. The van der Waals surface area contributed by atoms with Crippen LogP contribution in [-0.4, -0.2) is 59.5 Å². The first kappa shape index (κ1) is 16.3. The molecule has 0 unspecified atom stereocenters. The second-order valence-electron chi connectivity index (χ2n) is 6.82. The second kappa shape index (κ2) is 7.25. The summed E-state index contributed by atoms with van der Waals surface area (Å²) < 4.78 is 0. The maximum atomic E-state index is 12.3. The zero-order valence-electron chi connectivity index (χ0n) is 13.3. The number of carboxylic acids is 1. The first-order chi connectivity index (χ1) is 9.97. The third-order valence-electron chi connectivity index (χ3n) is 5.19. The van der Waals surface area contributed by atoms with Gasteiger partial charge in [-0.2, -0.15) is 0 Å². The highest BCUT2D eigenvalue weighted by molar-refractivity contribution is 5.79. The van der Waals surface area contributed by atoms with Gasteiger partial charge in [0, 0.05) is 19.1 Å². The molecular formula is C16H28N2O3. The Morgan fingerprint density at radius 1 is 1.10 bits per heavy atom. The number of likely N-dealkylation sites (N-methyl/N-ethyl adjacent to an activating group) is 1. The predicted molar refractivity (Wildman–Crippen MR) is 81.0 cm³/mol. The van der Waals surface area contributed by atoms with Crippen molar-refractivity contribution in [1.82, 2.24) is 9.80 Å². The van der Waals surface area contributed by atoms with Crippen LogP contribution in [0.5, 0.6) is 0 Å². The van der Waals surface area contributed by atoms with Crippen LogP contribution in [0.1, 0.15) is 45.4 Å². The van der Waals surface area contributed by atoms with Crippen molar-refractivity contribution in [3.8, 4) is 0 Å². The van der Waals surface area contributed by atoms with Crippen molar-refractivity contribution < 1.29 is 14.7 Å². The molecule has 0 spiro atoms. The van der Waals surface area contributed by atoms with Gasteiger partial charge in [0.05, 0.1) is 12.5 Å². The number of hydrogen-bond acceptors (Lipinski definition) is 3. The fourth-order valence-corrected chi connectivity index (χ4v) is 3.50. The minimum absolute atomic E-state index is 0.153. The Morgan fingerprint density at radius 2 is 1.67 bits per heavy atom. The maximum absolute atomic E-state index is 12.3. The van der Waals surface area contributed by atoms with Crippen molar-refractivity contribution in [1.29, 1.82) is 0 Å². The van der Waals surface area contributed by atoms with E-state index >= 15 is 0 Å². The first-order valence-electron chi connectivity index (χ1n) is 8.18. The minimum atomic E-state index is -0.726. The molecule has 2 aliphatic rings. The predicted octanol–water partition coefficient (Wildman–Crippen LogP) is 1.82. The lowest BCUT2D eigenvalue weighted by molar-refractivity contribution is -0.146. The number of amides is 1. The van der Waals surface area contributed by atoms with Crippen LogP contribution < -0.4 is 0 Å². The summed E-state index contributed by atoms with van der Waals surface area (Å²) in [4.78, 5) is 27.3. The molecule has 0 bridgehead atoms. The minimum Gasteiger partial charge on any atom is -0.481 e. The van der Waals surface area contributed by atoms with Gasteiger partial charge in [0.1, 0.15) is 0 Å². The van der Waals surface area contributed by atoms with Crippen molar-refractivity contribution in [2.75, 3.05) is 26.7 Å². The van der Waals surface area contributed by atoms with Crippen LogP contribution >= 0.6 is 0 Å². The van der Waals surface area contributed by atoms with E-state index in [1.165, 1.54) is 25.7 Å². The number of carbonyl (C=O) groups excluding carboxylic acids is 1. The Morgan fingerprint density at radius 3 is 2.19 bits per heavy atom. The normalized spacial score (nSPS) is 27.9. The largest absolute Gasteiger partial charge is 0.481 e. The van der Waals surface area contributed by atoms with Gasteiger partial charge in [-0.15, -0.1) is 0 Å². The van der Waals surface area contributed by atoms with E-state index < -0.39 is 5.97 Å². The molecule has 1 saturated heterocycles. The highest BCUT2D eigenvalue weighted by Gasteiger charge is 2.29. The van der Waals surface area contributed by atoms with Gasteiger partial charge in [-0.25, -0.2) is 0 Å². The number of hydrogen-bond donors (Lipinski definition) is 1. The third-order valence-corrected chi connectivity index (χ3v) is 5.19. The summed E-state index contributed by atoms with van der Waals surface area (Å²) in [5, 5.41) is 8.99. The molecule has 2 fully saturated rings. The number of carboxylic acid groups (broad SMARTS) is 1. The molecule has 1 amide bonds. The maximum Gasteiger partial charge on any atom is 0.306 e. The van der Waals surface area contributed by atoms with Gasteiger partial charge >= 0.3 is 5.97 Å². The van der Waals surface area contributed by atoms with E-state index in [0.717, 1.165) is 5.92 Å². The standard InChI is InChI=1S/C16H28N2O3/c1-12-3-5-14(6-4-12)17(2)11-15(19)18-9-7-13(8-10-18)16(20)21/h12-14H,3-11H2,1-2H3,(H,20,21). The average Bonchev–Trinajstić information content (AvgIpc) is 2.47. The van der Waals surface area contributed by atoms with Crippen molar-refractivity contribution in [2.24, 2.45) is 11.8 Å². The molecule has 5 nitrogen and oxygen atoms in total. The Bertz CT molecular complexity index is 370. The molecule has 21 heavy (non-hydrogen) atoms. The van der Waals surface area contributed by atoms with Gasteiger partial charge < -0.3 is 10.0 Å². The van der Waals surface area contributed by atoms with Gasteiger partial charge in [-0.05, 0) is 51.5 Å². The molecule has 2 rings (SSSR count). The molecule has 1 heterocycles. The smallest absolute Gasteiger partial charge is 0.306 e. The SMILES string of the molecule is CC1CCC(N(C)CC(=O)N2CCC(C(=O)O)CC2)CC1. The first-order valence-corrected chi connectivity index (χ1v) is 8.18. The van der Waals surface area contributed by atoms with E-state index in [1.54, 1.807) is 0 Å². The highest BCUT2D eigenvalue weighted by atomic mass is 16.4. The van der Waals surface area contributed by atoms with Crippen LogP contribution in [0.3, 0.4) is 0 Å². The molecule has 0 aromatic rings. The third kappa shape index (κ3) is 4.43. The Labute approximate surface area is 127 Å². The fraction of sp³-hybridized carbons (Fsp3) is 0.875. The lowest BCUT2D eigenvalue weighted by Gasteiger charge is -2.36. The number of carbonyl (C=O) groups is 2. The molecule has 1 aliphatic carbocycles. The van der Waals surface area contributed by atoms with Crippen LogP contribution in [0, 0.1) is 11.8 Å². The van der Waals surface area contributed by atoms with Crippen LogP contribution in [0.15, 0.2) is 0 Å². The quantitative estimate of drug-likeness (QED) is 0.859. The second-order valence-corrected chi connectivity index (χ2v) is 6.82. The number of piperidine rings is 1. The topological polar surface area (TPSA) is 60.9 Å². The highest BCUT2D eigenvalue weighted by Crippen LogP contribution is 2.26. The average molecular weight is 296 g/mol. The molecule has 0 aromatic heterocycles. The summed E-state index contributed by atoms with van der Waals surface area (Å²) >= 11 is 0. The number of aliphatic carboxylic acids is 1. The van der Waals surface area contributed by atoms with E-state index in [9.17, 15) is 9.59 Å². The van der Waals surface area contributed by atoms with Crippen LogP contribution in [0.25, 0.3) is 0 Å².